The average molecular weight is 285 g/mol. The lowest BCUT2D eigenvalue weighted by atomic mass is 10.1. The van der Waals surface area contributed by atoms with E-state index < -0.39 is 12.8 Å². The molecule has 1 aliphatic rings. The monoisotopic (exact) mass is 285 g/mol. The molecule has 0 bridgehead atoms. The van der Waals surface area contributed by atoms with Crippen molar-refractivity contribution < 1.29 is 23.4 Å². The van der Waals surface area contributed by atoms with Crippen LogP contribution in [0, 0.1) is 5.92 Å². The summed E-state index contributed by atoms with van der Waals surface area (Å²) in [5, 5.41) is 0. The first-order valence-electron chi connectivity index (χ1n) is 5.29. The lowest BCUT2D eigenvalue weighted by Gasteiger charge is -2.27. The van der Waals surface area contributed by atoms with Crippen LogP contribution in [0.4, 0.5) is 0 Å². The molecule has 1 aliphatic carbocycles. The van der Waals surface area contributed by atoms with E-state index in [4.69, 9.17) is 36.1 Å². The summed E-state index contributed by atoms with van der Waals surface area (Å²) in [5.41, 5.74) is 5.96. The lowest BCUT2D eigenvalue weighted by Crippen LogP contribution is -2.39. The minimum Gasteiger partial charge on any atom is -0.384 e. The van der Waals surface area contributed by atoms with Crippen molar-refractivity contribution in [3.8, 4) is 0 Å². The zero-order chi connectivity index (χ0) is 13.1. The smallest absolute Gasteiger partial charge is 0.324 e. The van der Waals surface area contributed by atoms with Gasteiger partial charge in [0.15, 0.2) is 0 Å². The van der Waals surface area contributed by atoms with Crippen molar-refractivity contribution in [2.75, 3.05) is 27.9 Å². The first-order valence-corrected chi connectivity index (χ1v) is 7.88. The normalized spacial score (nSPS) is 37.0. The average Bonchev–Trinajstić information content (AvgIpc) is 2.55. The molecule has 8 heteroatoms. The van der Waals surface area contributed by atoms with Gasteiger partial charge in [-0.2, -0.15) is 0 Å². The molecule has 1 fully saturated rings. The largest absolute Gasteiger partial charge is 0.384 e. The second kappa shape index (κ2) is 6.54. The molecule has 0 aliphatic heterocycles. The van der Waals surface area contributed by atoms with E-state index in [1.54, 1.807) is 14.2 Å². The Labute approximate surface area is 107 Å². The third kappa shape index (κ3) is 3.94. The molecule has 102 valence electrons. The van der Waals surface area contributed by atoms with Gasteiger partial charge in [-0.05, 0) is 18.2 Å². The van der Waals surface area contributed by atoms with Crippen molar-refractivity contribution in [3.05, 3.63) is 0 Å². The molecule has 2 unspecified atom stereocenters. The summed E-state index contributed by atoms with van der Waals surface area (Å²) in [4.78, 5) is 9.71. The van der Waals surface area contributed by atoms with Crippen LogP contribution in [0.2, 0.25) is 0 Å². The highest BCUT2D eigenvalue weighted by molar-refractivity contribution is 8.07. The van der Waals surface area contributed by atoms with Gasteiger partial charge in [-0.25, -0.2) is 0 Å². The fraction of sp³-hybridized carbons (Fsp3) is 1.00. The van der Waals surface area contributed by atoms with Gasteiger partial charge < -0.3 is 29.1 Å². The molecule has 3 N–H and O–H groups in total. The zero-order valence-corrected chi connectivity index (χ0v) is 11.9. The van der Waals surface area contributed by atoms with Crippen LogP contribution in [0.15, 0.2) is 0 Å². The fourth-order valence-electron chi connectivity index (χ4n) is 2.16. The van der Waals surface area contributed by atoms with Crippen molar-refractivity contribution in [1.82, 2.24) is 0 Å². The number of hydrogen-bond donors (Lipinski definition) is 2. The quantitative estimate of drug-likeness (QED) is 0.676. The van der Waals surface area contributed by atoms with Crippen LogP contribution < -0.4 is 5.73 Å². The molecule has 0 heterocycles. The minimum atomic E-state index is -3.22. The van der Waals surface area contributed by atoms with Crippen molar-refractivity contribution in [2.24, 2.45) is 11.7 Å². The van der Waals surface area contributed by atoms with Gasteiger partial charge in [0.25, 0.3) is 0 Å². The molecule has 5 atom stereocenters. The summed E-state index contributed by atoms with van der Waals surface area (Å²) >= 11 is 4.84. The molecule has 0 aromatic rings. The van der Waals surface area contributed by atoms with Crippen LogP contribution in [0.1, 0.15) is 6.42 Å². The first-order chi connectivity index (χ1) is 7.95. The van der Waals surface area contributed by atoms with Gasteiger partial charge in [0.05, 0.1) is 18.8 Å². The van der Waals surface area contributed by atoms with Crippen LogP contribution in [-0.2, 0) is 30.3 Å². The second-order valence-electron chi connectivity index (χ2n) is 4.04. The maximum absolute atomic E-state index is 9.71. The van der Waals surface area contributed by atoms with Crippen LogP contribution in [-0.4, -0.2) is 51.1 Å². The first kappa shape index (κ1) is 15.5. The highest BCUT2D eigenvalue weighted by Crippen LogP contribution is 2.48. The Morgan fingerprint density at radius 2 is 2.00 bits per heavy atom. The van der Waals surface area contributed by atoms with E-state index in [2.05, 4.69) is 0 Å². The van der Waals surface area contributed by atoms with E-state index in [0.29, 0.717) is 13.0 Å². The molecule has 0 spiro atoms. The number of nitrogens with two attached hydrogens (primary N) is 1. The van der Waals surface area contributed by atoms with E-state index in [1.165, 1.54) is 7.11 Å². The van der Waals surface area contributed by atoms with Gasteiger partial charge in [-0.3, -0.25) is 0 Å². The number of rotatable bonds is 6. The molecule has 1 saturated carbocycles. The molecular formula is C9H20NO5PS. The molecule has 0 aromatic carbocycles. The minimum absolute atomic E-state index is 0.0459. The standard InChI is InChI=1S/C9H20NO5PS/c1-12-5-6-4-7(10)9(13-2)8(6)15-16(11,17)14-3/h6-9H,4-5,10H2,1-3H3,(H,11,17)/t6-,7+,8?,9-,16?/m1/s1. The van der Waals surface area contributed by atoms with Gasteiger partial charge >= 0.3 is 6.72 Å². The van der Waals surface area contributed by atoms with E-state index in [1.807, 2.05) is 0 Å². The molecule has 0 aromatic heterocycles. The van der Waals surface area contributed by atoms with Crippen molar-refractivity contribution in [2.45, 2.75) is 24.7 Å². The fourth-order valence-corrected chi connectivity index (χ4v) is 3.14. The third-order valence-electron chi connectivity index (χ3n) is 2.92. The predicted octanol–water partition coefficient (Wildman–Crippen LogP) is 0.243. The maximum Gasteiger partial charge on any atom is 0.324 e. The molecule has 1 rings (SSSR count). The van der Waals surface area contributed by atoms with Crippen molar-refractivity contribution >= 4 is 18.5 Å². The lowest BCUT2D eigenvalue weighted by molar-refractivity contribution is -0.0190. The maximum atomic E-state index is 9.71. The summed E-state index contributed by atoms with van der Waals surface area (Å²) in [6.45, 7) is -2.74. The van der Waals surface area contributed by atoms with Crippen LogP contribution in [0.3, 0.4) is 0 Å². The summed E-state index contributed by atoms with van der Waals surface area (Å²) in [7, 11) is 4.49. The third-order valence-corrected chi connectivity index (χ3v) is 4.60. The predicted molar refractivity (Wildman–Crippen MR) is 67.1 cm³/mol. The summed E-state index contributed by atoms with van der Waals surface area (Å²) in [5.74, 6) is 0.0459. The Morgan fingerprint density at radius 1 is 1.35 bits per heavy atom. The van der Waals surface area contributed by atoms with Gasteiger partial charge in [0, 0.05) is 33.3 Å². The molecule has 0 amide bonds. The number of hydrogen-bond acceptors (Lipinski definition) is 6. The van der Waals surface area contributed by atoms with E-state index in [-0.39, 0.29) is 18.1 Å². The topological polar surface area (TPSA) is 83.2 Å². The molecular weight excluding hydrogens is 265 g/mol. The molecule has 6 nitrogen and oxygen atoms in total. The van der Waals surface area contributed by atoms with E-state index in [9.17, 15) is 4.89 Å². The van der Waals surface area contributed by atoms with E-state index >= 15 is 0 Å². The number of methoxy groups -OCH3 is 2. The Bertz CT molecular complexity index is 293. The van der Waals surface area contributed by atoms with Crippen LogP contribution >= 0.6 is 6.72 Å². The molecule has 0 saturated heterocycles. The summed E-state index contributed by atoms with van der Waals surface area (Å²) in [6.07, 6.45) is 0.00119. The number of ether oxygens (including phenoxy) is 2. The van der Waals surface area contributed by atoms with Crippen molar-refractivity contribution in [3.63, 3.8) is 0 Å². The van der Waals surface area contributed by atoms with Crippen molar-refractivity contribution in [1.29, 1.82) is 0 Å². The highest BCUT2D eigenvalue weighted by atomic mass is 32.5. The summed E-state index contributed by atoms with van der Waals surface area (Å²) in [6, 6.07) is -0.156. The Balaban J connectivity index is 2.77. The Morgan fingerprint density at radius 3 is 2.47 bits per heavy atom. The van der Waals surface area contributed by atoms with Gasteiger partial charge in [0.2, 0.25) is 0 Å². The molecule has 0 radical (unpaired) electrons. The van der Waals surface area contributed by atoms with Crippen LogP contribution in [0.25, 0.3) is 0 Å². The second-order valence-corrected chi connectivity index (χ2v) is 6.93. The van der Waals surface area contributed by atoms with Gasteiger partial charge in [-0.15, -0.1) is 0 Å². The zero-order valence-electron chi connectivity index (χ0n) is 10.2. The Kier molecular flexibility index (Phi) is 5.95. The highest BCUT2D eigenvalue weighted by Gasteiger charge is 2.45. The summed E-state index contributed by atoms with van der Waals surface area (Å²) < 4.78 is 20.6. The molecule has 17 heavy (non-hydrogen) atoms. The van der Waals surface area contributed by atoms with Gasteiger partial charge in [-0.1, -0.05) is 0 Å². The van der Waals surface area contributed by atoms with E-state index in [0.717, 1.165) is 0 Å². The Hall–Kier alpha value is 0.410. The van der Waals surface area contributed by atoms with Gasteiger partial charge in [0.1, 0.15) is 0 Å². The SMILES string of the molecule is COC[C@H]1C[C@H](N)[C@@H](OC)C1OP(O)(=S)OC. The van der Waals surface area contributed by atoms with Crippen LogP contribution in [0.5, 0.6) is 0 Å².